The number of aliphatic hydroxyl groups is 2. The first-order chi connectivity index (χ1) is 34.0. The number of nitrogens with zero attached hydrogens (tertiary/aromatic N) is 2. The standard InChI is InChI=1S/2C28H38ClN3O4/c2*1-18(33)32-23(12-19-5-7-21(29)8-6-19)25(34)16-30-24-14-28(9-10-35-17-28)36-26-22(24)11-20(15-31-26)13-27(2,3)4/h2*5-8,11,15,23-25,30,34H,9-10,12-14,16-17H2,1-4H3,(H,32,33)/t23-,24-,25+,28+;23-,24-,25+,28-/m00/s1. The molecule has 0 radical (unpaired) electrons. The minimum Gasteiger partial charge on any atom is -0.468 e. The van der Waals surface area contributed by atoms with E-state index in [1.165, 1.54) is 13.8 Å². The molecule has 8 rings (SSSR count). The predicted octanol–water partition coefficient (Wildman–Crippen LogP) is 8.01. The zero-order valence-corrected chi connectivity index (χ0v) is 44.8. The molecular weight excluding hydrogens is 956 g/mol. The Morgan fingerprint density at radius 2 is 1.01 bits per heavy atom. The number of rotatable bonds is 16. The lowest BCUT2D eigenvalue weighted by Gasteiger charge is -2.39. The normalized spacial score (nSPS) is 23.1. The van der Waals surface area contributed by atoms with E-state index in [-0.39, 0.29) is 34.7 Å². The number of aromatic nitrogens is 2. The molecule has 2 amide bonds. The number of nitrogens with one attached hydrogen (secondary N) is 4. The average Bonchev–Trinajstić information content (AvgIpc) is 3.96. The van der Waals surface area contributed by atoms with Gasteiger partial charge in [0.15, 0.2) is 0 Å². The summed E-state index contributed by atoms with van der Waals surface area (Å²) in [6.07, 6.45) is 8.11. The molecule has 0 unspecified atom stereocenters. The summed E-state index contributed by atoms with van der Waals surface area (Å²) in [6.45, 7) is 19.2. The van der Waals surface area contributed by atoms with Crippen molar-refractivity contribution >= 4 is 35.0 Å². The summed E-state index contributed by atoms with van der Waals surface area (Å²) in [4.78, 5) is 33.2. The van der Waals surface area contributed by atoms with E-state index in [0.29, 0.717) is 74.2 Å². The predicted molar refractivity (Wildman–Crippen MR) is 281 cm³/mol. The van der Waals surface area contributed by atoms with Crippen molar-refractivity contribution < 1.29 is 38.7 Å². The molecular formula is C56H76Cl2N6O8. The van der Waals surface area contributed by atoms with Gasteiger partial charge < -0.3 is 50.4 Å². The number of aliphatic hydroxyl groups excluding tert-OH is 2. The van der Waals surface area contributed by atoms with Crippen LogP contribution in [0.25, 0.3) is 0 Å². The van der Waals surface area contributed by atoms with E-state index >= 15 is 0 Å². The second-order valence-corrected chi connectivity index (χ2v) is 23.7. The number of benzene rings is 2. The largest absolute Gasteiger partial charge is 0.468 e. The van der Waals surface area contributed by atoms with Crippen molar-refractivity contribution in [3.05, 3.63) is 116 Å². The summed E-state index contributed by atoms with van der Waals surface area (Å²) in [7, 11) is 0. The van der Waals surface area contributed by atoms with Gasteiger partial charge in [-0.2, -0.15) is 0 Å². The van der Waals surface area contributed by atoms with E-state index in [9.17, 15) is 19.8 Å². The molecule has 6 N–H and O–H groups in total. The maximum atomic E-state index is 11.9. The maximum absolute atomic E-state index is 11.9. The molecule has 4 aliphatic heterocycles. The van der Waals surface area contributed by atoms with Crippen LogP contribution >= 0.6 is 23.2 Å². The van der Waals surface area contributed by atoms with Crippen LogP contribution in [0.3, 0.4) is 0 Å². The fourth-order valence-corrected chi connectivity index (χ4v) is 10.5. The fourth-order valence-electron chi connectivity index (χ4n) is 10.2. The van der Waals surface area contributed by atoms with Crippen molar-refractivity contribution in [2.24, 2.45) is 10.8 Å². The lowest BCUT2D eigenvalue weighted by Crippen LogP contribution is -2.50. The molecule has 8 atom stereocenters. The Bertz CT molecular complexity index is 2260. The molecule has 2 aromatic carbocycles. The van der Waals surface area contributed by atoms with Crippen LogP contribution in [0.4, 0.5) is 0 Å². The van der Waals surface area contributed by atoms with E-state index < -0.39 is 35.5 Å². The van der Waals surface area contributed by atoms with E-state index in [2.05, 4.69) is 84.9 Å². The number of carbonyl (C=O) groups excluding carboxylic acids is 2. The summed E-state index contributed by atoms with van der Waals surface area (Å²) in [5.74, 6) is 0.914. The first kappa shape index (κ1) is 55.4. The molecule has 0 aliphatic carbocycles. The number of pyridine rings is 2. The highest BCUT2D eigenvalue weighted by molar-refractivity contribution is 6.30. The first-order valence-corrected chi connectivity index (χ1v) is 26.2. The van der Waals surface area contributed by atoms with Gasteiger partial charge in [-0.15, -0.1) is 0 Å². The zero-order valence-electron chi connectivity index (χ0n) is 43.3. The molecule has 392 valence electrons. The fraction of sp³-hybridized carbons (Fsp3) is 0.571. The molecule has 2 spiro atoms. The first-order valence-electron chi connectivity index (χ1n) is 25.4. The second kappa shape index (κ2) is 23.9. The molecule has 72 heavy (non-hydrogen) atoms. The SMILES string of the molecule is CC(=O)N[C@@H](Cc1ccc(Cl)cc1)[C@H](O)CN[C@H]1C[C@@]2(CCOC2)Oc2ncc(CC(C)(C)C)cc21.CC(=O)N[C@@H](Cc1ccc(Cl)cc1)[C@H](O)CN[C@H]1C[C@]2(CCOC2)Oc2ncc(CC(C)(C)C)cc21. The quantitative estimate of drug-likeness (QED) is 0.0637. The third-order valence-corrected chi connectivity index (χ3v) is 14.1. The van der Waals surface area contributed by atoms with Gasteiger partial charge in [-0.25, -0.2) is 9.97 Å². The average molecular weight is 1030 g/mol. The second-order valence-electron chi connectivity index (χ2n) is 22.9. The Kier molecular flexibility index (Phi) is 18.4. The van der Waals surface area contributed by atoms with Gasteiger partial charge in [0.25, 0.3) is 0 Å². The number of fused-ring (bicyclic) bond motifs is 2. The summed E-state index contributed by atoms with van der Waals surface area (Å²) in [5.41, 5.74) is 5.79. The van der Waals surface area contributed by atoms with Crippen molar-refractivity contribution in [1.29, 1.82) is 0 Å². The van der Waals surface area contributed by atoms with E-state index in [0.717, 1.165) is 71.9 Å². The Morgan fingerprint density at radius 3 is 1.33 bits per heavy atom. The third-order valence-electron chi connectivity index (χ3n) is 13.6. The van der Waals surface area contributed by atoms with Gasteiger partial charge in [-0.05, 0) is 95.2 Å². The van der Waals surface area contributed by atoms with Crippen LogP contribution in [-0.2, 0) is 44.7 Å². The zero-order chi connectivity index (χ0) is 51.8. The number of ether oxygens (including phenoxy) is 4. The molecule has 2 aromatic heterocycles. The van der Waals surface area contributed by atoms with Gasteiger partial charge in [-0.1, -0.05) is 89.0 Å². The molecule has 2 saturated heterocycles. The molecule has 2 fully saturated rings. The molecule has 0 saturated carbocycles. The van der Waals surface area contributed by atoms with Crippen LogP contribution in [0, 0.1) is 10.8 Å². The molecule has 14 nitrogen and oxygen atoms in total. The Morgan fingerprint density at radius 1 is 0.639 bits per heavy atom. The lowest BCUT2D eigenvalue weighted by molar-refractivity contribution is -0.121. The van der Waals surface area contributed by atoms with Gasteiger partial charge in [0.05, 0.1) is 50.7 Å². The van der Waals surface area contributed by atoms with Crippen molar-refractivity contribution in [3.8, 4) is 11.8 Å². The van der Waals surface area contributed by atoms with Gasteiger partial charge >= 0.3 is 0 Å². The molecule has 0 bridgehead atoms. The van der Waals surface area contributed by atoms with Crippen molar-refractivity contribution in [3.63, 3.8) is 0 Å². The number of halogens is 2. The van der Waals surface area contributed by atoms with E-state index in [1.54, 1.807) is 0 Å². The van der Waals surface area contributed by atoms with Gasteiger partial charge in [0.2, 0.25) is 23.6 Å². The molecule has 6 heterocycles. The number of carbonyl (C=O) groups is 2. The number of hydrogen-bond donors (Lipinski definition) is 6. The monoisotopic (exact) mass is 1030 g/mol. The summed E-state index contributed by atoms with van der Waals surface area (Å²) >= 11 is 12.0. The molecule has 4 aromatic rings. The molecule has 16 heteroatoms. The highest BCUT2D eigenvalue weighted by Gasteiger charge is 2.46. The van der Waals surface area contributed by atoms with E-state index in [1.807, 2.05) is 60.9 Å². The van der Waals surface area contributed by atoms with Crippen LogP contribution in [0.15, 0.2) is 73.1 Å². The van der Waals surface area contributed by atoms with Crippen molar-refractivity contribution in [2.75, 3.05) is 39.5 Å². The topological polar surface area (TPSA) is 185 Å². The minimum absolute atomic E-state index is 0.0500. The summed E-state index contributed by atoms with van der Waals surface area (Å²) in [5, 5.41) is 36.6. The number of amides is 2. The van der Waals surface area contributed by atoms with Crippen molar-refractivity contribution in [2.45, 2.75) is 154 Å². The van der Waals surface area contributed by atoms with E-state index in [4.69, 9.17) is 42.1 Å². The number of hydrogen-bond acceptors (Lipinski definition) is 12. The lowest BCUT2D eigenvalue weighted by atomic mass is 9.85. The Hall–Kier alpha value is -4.38. The smallest absolute Gasteiger partial charge is 0.218 e. The van der Waals surface area contributed by atoms with Gasteiger partial charge in [-0.3, -0.25) is 9.59 Å². The maximum Gasteiger partial charge on any atom is 0.218 e. The van der Waals surface area contributed by atoms with Gasteiger partial charge in [0, 0.05) is 98.3 Å². The van der Waals surface area contributed by atoms with Gasteiger partial charge in [0.1, 0.15) is 11.2 Å². The molecule has 4 aliphatic rings. The van der Waals surface area contributed by atoms with Crippen LogP contribution in [0.5, 0.6) is 11.8 Å². The van der Waals surface area contributed by atoms with Crippen LogP contribution in [0.2, 0.25) is 10.0 Å². The minimum atomic E-state index is -0.794. The summed E-state index contributed by atoms with van der Waals surface area (Å²) < 4.78 is 24.1. The Labute approximate surface area is 436 Å². The summed E-state index contributed by atoms with van der Waals surface area (Å²) in [6, 6.07) is 18.3. The van der Waals surface area contributed by atoms with Crippen molar-refractivity contribution in [1.82, 2.24) is 31.2 Å². The van der Waals surface area contributed by atoms with Crippen LogP contribution in [-0.4, -0.2) is 107 Å². The third kappa shape index (κ3) is 15.8. The van der Waals surface area contributed by atoms with Crippen LogP contribution < -0.4 is 30.7 Å². The highest BCUT2D eigenvalue weighted by atomic mass is 35.5. The van der Waals surface area contributed by atoms with Crippen LogP contribution in [0.1, 0.15) is 127 Å². The highest BCUT2D eigenvalue weighted by Crippen LogP contribution is 2.44. The Balaban J connectivity index is 0.000000211.